The van der Waals surface area contributed by atoms with Crippen molar-refractivity contribution in [3.05, 3.63) is 42.3 Å². The van der Waals surface area contributed by atoms with Gasteiger partial charge in [0.25, 0.3) is 0 Å². The Morgan fingerprint density at radius 3 is 2.63 bits per heavy atom. The van der Waals surface area contributed by atoms with E-state index in [0.717, 1.165) is 10.9 Å². The Bertz CT molecular complexity index is 654. The van der Waals surface area contributed by atoms with Gasteiger partial charge in [0.15, 0.2) is 0 Å². The average Bonchev–Trinajstić information content (AvgIpc) is 2.80. The van der Waals surface area contributed by atoms with E-state index >= 15 is 0 Å². The molecule has 0 aliphatic heterocycles. The fraction of sp³-hybridized carbons (Fsp3) is 0.143. The second-order valence-corrected chi connectivity index (χ2v) is 3.86. The van der Waals surface area contributed by atoms with Crippen molar-refractivity contribution in [3.63, 3.8) is 0 Å². The normalized spacial score (nSPS) is 11.4. The van der Waals surface area contributed by atoms with E-state index in [2.05, 4.69) is 4.74 Å². The molecule has 0 aliphatic rings. The first-order valence-electron chi connectivity index (χ1n) is 5.66. The predicted molar refractivity (Wildman–Crippen MR) is 70.0 cm³/mol. The number of benzene rings is 1. The number of aromatic nitrogens is 1. The predicted octanol–water partition coefficient (Wildman–Crippen LogP) is 2.18. The summed E-state index contributed by atoms with van der Waals surface area (Å²) in [6.45, 7) is 1.23. The van der Waals surface area contributed by atoms with E-state index in [4.69, 9.17) is 4.74 Å². The molecule has 0 aliphatic carbocycles. The number of carbonyl (C=O) groups is 2. The number of esters is 2. The zero-order chi connectivity index (χ0) is 13.8. The summed E-state index contributed by atoms with van der Waals surface area (Å²) < 4.78 is 11.1. The van der Waals surface area contributed by atoms with Crippen LogP contribution in [0.2, 0.25) is 0 Å². The molecule has 5 heteroatoms. The van der Waals surface area contributed by atoms with E-state index < -0.39 is 11.9 Å². The number of para-hydroxylation sites is 1. The van der Waals surface area contributed by atoms with Crippen molar-refractivity contribution in [2.75, 3.05) is 7.11 Å². The third-order valence-corrected chi connectivity index (χ3v) is 2.53. The molecule has 0 saturated heterocycles. The summed E-state index contributed by atoms with van der Waals surface area (Å²) in [5, 5.41) is 1.02. The van der Waals surface area contributed by atoms with Crippen LogP contribution in [0, 0.1) is 0 Å². The van der Waals surface area contributed by atoms with Gasteiger partial charge < -0.3 is 14.0 Å². The topological polar surface area (TPSA) is 57.5 Å². The van der Waals surface area contributed by atoms with Crippen LogP contribution >= 0.6 is 0 Å². The van der Waals surface area contributed by atoms with Crippen LogP contribution < -0.4 is 0 Å². The van der Waals surface area contributed by atoms with Gasteiger partial charge in [-0.05, 0) is 17.5 Å². The Labute approximate surface area is 110 Å². The van der Waals surface area contributed by atoms with Gasteiger partial charge in [-0.3, -0.25) is 4.79 Å². The first-order valence-corrected chi connectivity index (χ1v) is 5.66. The van der Waals surface area contributed by atoms with E-state index in [1.54, 1.807) is 10.8 Å². The molecule has 0 N–H and O–H groups in total. The zero-order valence-corrected chi connectivity index (χ0v) is 10.6. The molecule has 0 bridgehead atoms. The van der Waals surface area contributed by atoms with Crippen molar-refractivity contribution in [1.29, 1.82) is 0 Å². The SMILES string of the molecule is COC(=O)/C(=C/n1ccc2ccccc21)OC(C)=O. The van der Waals surface area contributed by atoms with Gasteiger partial charge in [-0.2, -0.15) is 0 Å². The number of rotatable bonds is 3. The van der Waals surface area contributed by atoms with Gasteiger partial charge >= 0.3 is 11.9 Å². The second-order valence-electron chi connectivity index (χ2n) is 3.86. The van der Waals surface area contributed by atoms with Crippen molar-refractivity contribution < 1.29 is 19.1 Å². The van der Waals surface area contributed by atoms with Crippen molar-refractivity contribution in [2.24, 2.45) is 0 Å². The minimum Gasteiger partial charge on any atom is -0.463 e. The monoisotopic (exact) mass is 259 g/mol. The second kappa shape index (κ2) is 5.39. The Morgan fingerprint density at radius 1 is 1.21 bits per heavy atom. The Balaban J connectivity index is 2.45. The highest BCUT2D eigenvalue weighted by Gasteiger charge is 2.14. The number of ether oxygens (including phenoxy) is 2. The maximum absolute atomic E-state index is 11.5. The number of hydrogen-bond acceptors (Lipinski definition) is 4. The summed E-state index contributed by atoms with van der Waals surface area (Å²) >= 11 is 0. The van der Waals surface area contributed by atoms with Gasteiger partial charge in [0.05, 0.1) is 18.8 Å². The van der Waals surface area contributed by atoms with Crippen LogP contribution in [0.5, 0.6) is 0 Å². The molecule has 0 unspecified atom stereocenters. The van der Waals surface area contributed by atoms with E-state index in [-0.39, 0.29) is 5.76 Å². The van der Waals surface area contributed by atoms with Crippen LogP contribution in [0.3, 0.4) is 0 Å². The van der Waals surface area contributed by atoms with Gasteiger partial charge in [-0.1, -0.05) is 18.2 Å². The number of methoxy groups -OCH3 is 1. The molecule has 0 spiro atoms. The molecule has 0 radical (unpaired) electrons. The van der Waals surface area contributed by atoms with E-state index in [1.165, 1.54) is 20.2 Å². The Morgan fingerprint density at radius 2 is 1.95 bits per heavy atom. The largest absolute Gasteiger partial charge is 0.463 e. The van der Waals surface area contributed by atoms with E-state index in [0.29, 0.717) is 0 Å². The van der Waals surface area contributed by atoms with Gasteiger partial charge in [0, 0.05) is 13.1 Å². The molecule has 1 heterocycles. The van der Waals surface area contributed by atoms with Crippen molar-refractivity contribution >= 4 is 29.0 Å². The lowest BCUT2D eigenvalue weighted by atomic mass is 10.2. The first-order chi connectivity index (χ1) is 9.11. The van der Waals surface area contributed by atoms with Crippen molar-refractivity contribution in [2.45, 2.75) is 6.92 Å². The maximum atomic E-state index is 11.5. The molecular formula is C14H13NO4. The fourth-order valence-corrected chi connectivity index (χ4v) is 1.72. The van der Waals surface area contributed by atoms with Crippen molar-refractivity contribution in [1.82, 2.24) is 4.57 Å². The van der Waals surface area contributed by atoms with Gasteiger partial charge in [0.1, 0.15) is 0 Å². The van der Waals surface area contributed by atoms with E-state index in [9.17, 15) is 9.59 Å². The summed E-state index contributed by atoms with van der Waals surface area (Å²) in [7, 11) is 1.23. The maximum Gasteiger partial charge on any atom is 0.375 e. The van der Waals surface area contributed by atoms with Crippen molar-refractivity contribution in [3.8, 4) is 0 Å². The van der Waals surface area contributed by atoms with Crippen LogP contribution in [-0.4, -0.2) is 23.6 Å². The zero-order valence-electron chi connectivity index (χ0n) is 10.6. The van der Waals surface area contributed by atoms with Crippen LogP contribution in [0.4, 0.5) is 0 Å². The quantitative estimate of drug-likeness (QED) is 0.481. The Hall–Kier alpha value is -2.56. The Kier molecular flexibility index (Phi) is 3.66. The van der Waals surface area contributed by atoms with Crippen LogP contribution in [-0.2, 0) is 19.1 Å². The molecule has 2 aromatic rings. The van der Waals surface area contributed by atoms with Crippen LogP contribution in [0.25, 0.3) is 17.1 Å². The third kappa shape index (κ3) is 2.82. The summed E-state index contributed by atoms with van der Waals surface area (Å²) in [4.78, 5) is 22.5. The molecule has 0 amide bonds. The van der Waals surface area contributed by atoms with Crippen LogP contribution in [0.1, 0.15) is 6.92 Å². The minimum atomic E-state index is -0.701. The number of nitrogens with zero attached hydrogens (tertiary/aromatic N) is 1. The van der Waals surface area contributed by atoms with Gasteiger partial charge in [-0.15, -0.1) is 0 Å². The third-order valence-electron chi connectivity index (χ3n) is 2.53. The molecule has 0 atom stereocenters. The first kappa shape index (κ1) is 12.9. The molecule has 0 fully saturated rings. The summed E-state index contributed by atoms with van der Waals surface area (Å²) in [6.07, 6.45) is 3.20. The molecule has 1 aromatic heterocycles. The number of fused-ring (bicyclic) bond motifs is 1. The fourth-order valence-electron chi connectivity index (χ4n) is 1.72. The molecule has 2 rings (SSSR count). The lowest BCUT2D eigenvalue weighted by Gasteiger charge is -2.05. The molecular weight excluding hydrogens is 246 g/mol. The average molecular weight is 259 g/mol. The standard InChI is InChI=1S/C14H13NO4/c1-10(16)19-13(14(17)18-2)9-15-8-7-11-5-3-4-6-12(11)15/h3-9H,1-2H3/b13-9-. The summed E-state index contributed by atoms with van der Waals surface area (Å²) in [6, 6.07) is 9.55. The molecule has 0 saturated carbocycles. The van der Waals surface area contributed by atoms with E-state index in [1.807, 2.05) is 30.3 Å². The van der Waals surface area contributed by atoms with Gasteiger partial charge in [-0.25, -0.2) is 4.79 Å². The highest BCUT2D eigenvalue weighted by molar-refractivity contribution is 5.93. The highest BCUT2D eigenvalue weighted by atomic mass is 16.6. The van der Waals surface area contributed by atoms with Crippen LogP contribution in [0.15, 0.2) is 42.3 Å². The molecule has 19 heavy (non-hydrogen) atoms. The highest BCUT2D eigenvalue weighted by Crippen LogP contribution is 2.16. The lowest BCUT2D eigenvalue weighted by molar-refractivity contribution is -0.148. The molecule has 1 aromatic carbocycles. The van der Waals surface area contributed by atoms with Gasteiger partial charge in [0.2, 0.25) is 5.76 Å². The number of hydrogen-bond donors (Lipinski definition) is 0. The molecule has 98 valence electrons. The minimum absolute atomic E-state index is 0.156. The molecule has 5 nitrogen and oxygen atoms in total. The smallest absolute Gasteiger partial charge is 0.375 e. The summed E-state index contributed by atoms with van der Waals surface area (Å²) in [5.41, 5.74) is 0.899. The summed E-state index contributed by atoms with van der Waals surface area (Å²) in [5.74, 6) is -1.43. The number of carbonyl (C=O) groups excluding carboxylic acids is 2. The lowest BCUT2D eigenvalue weighted by Crippen LogP contribution is -2.12.